The topological polar surface area (TPSA) is 66.6 Å². The van der Waals surface area contributed by atoms with Gasteiger partial charge in [0.2, 0.25) is 0 Å². The summed E-state index contributed by atoms with van der Waals surface area (Å²) in [6, 6.07) is -0.758. The maximum atomic E-state index is 10.5. The molecule has 0 spiro atoms. The monoisotopic (exact) mass is 184 g/mol. The van der Waals surface area contributed by atoms with Crippen molar-refractivity contribution in [3.05, 3.63) is 11.6 Å². The Morgan fingerprint density at radius 1 is 1.85 bits per heavy atom. The van der Waals surface area contributed by atoms with E-state index in [9.17, 15) is 4.79 Å². The molecule has 13 heavy (non-hydrogen) atoms. The average Bonchev–Trinajstić information content (AvgIpc) is 2.08. The third-order valence-electron chi connectivity index (χ3n) is 2.29. The first kappa shape index (κ1) is 10.2. The van der Waals surface area contributed by atoms with Gasteiger partial charge < -0.3 is 10.8 Å². The fraction of sp³-hybridized carbons (Fsp3) is 0.667. The quantitative estimate of drug-likeness (QED) is 0.608. The molecule has 0 aromatic rings. The molecule has 0 aliphatic carbocycles. The molecule has 1 rings (SSSR count). The highest BCUT2D eigenvalue weighted by molar-refractivity contribution is 5.73. The minimum atomic E-state index is -0.925. The molecule has 4 nitrogen and oxygen atoms in total. The Kier molecular flexibility index (Phi) is 3.45. The Morgan fingerprint density at radius 3 is 3.00 bits per heavy atom. The molecular formula is C9H16N2O2. The molecule has 1 aliphatic rings. The summed E-state index contributed by atoms with van der Waals surface area (Å²) in [5.41, 5.74) is 6.80. The Bertz CT molecular complexity index is 226. The number of nitrogens with zero attached hydrogens (tertiary/aromatic N) is 1. The van der Waals surface area contributed by atoms with E-state index in [4.69, 9.17) is 10.8 Å². The van der Waals surface area contributed by atoms with Crippen molar-refractivity contribution >= 4 is 5.97 Å². The number of rotatable bonds is 3. The number of hydrogen-bond acceptors (Lipinski definition) is 3. The van der Waals surface area contributed by atoms with E-state index in [0.717, 1.165) is 19.5 Å². The Labute approximate surface area is 78.0 Å². The molecule has 1 unspecified atom stereocenters. The van der Waals surface area contributed by atoms with Gasteiger partial charge in [0.25, 0.3) is 0 Å². The predicted octanol–water partition coefficient (Wildman–Crippen LogP) is 0.0503. The molecule has 0 bridgehead atoms. The summed E-state index contributed by atoms with van der Waals surface area (Å²) in [6.45, 7) is 4.28. The highest BCUT2D eigenvalue weighted by Gasteiger charge is 2.17. The Hall–Kier alpha value is -0.870. The fourth-order valence-electron chi connectivity index (χ4n) is 1.33. The molecular weight excluding hydrogens is 168 g/mol. The molecule has 1 heterocycles. The lowest BCUT2D eigenvalue weighted by atomic mass is 10.1. The molecule has 0 saturated carbocycles. The zero-order chi connectivity index (χ0) is 9.84. The predicted molar refractivity (Wildman–Crippen MR) is 50.4 cm³/mol. The number of carboxylic acids is 1. The third kappa shape index (κ3) is 3.16. The minimum Gasteiger partial charge on any atom is -0.480 e. The van der Waals surface area contributed by atoms with Crippen LogP contribution in [0, 0.1) is 0 Å². The largest absolute Gasteiger partial charge is 0.480 e. The second-order valence-electron chi connectivity index (χ2n) is 3.50. The Balaban J connectivity index is 2.35. The first-order valence-electron chi connectivity index (χ1n) is 4.46. The summed E-state index contributed by atoms with van der Waals surface area (Å²) in [7, 11) is 0. The number of carbonyl (C=O) groups is 1. The van der Waals surface area contributed by atoms with E-state index >= 15 is 0 Å². The van der Waals surface area contributed by atoms with E-state index in [2.05, 4.69) is 17.9 Å². The molecule has 0 aromatic carbocycles. The molecule has 0 radical (unpaired) electrons. The summed E-state index contributed by atoms with van der Waals surface area (Å²) in [6.07, 6.45) is 3.14. The maximum Gasteiger partial charge on any atom is 0.321 e. The van der Waals surface area contributed by atoms with Crippen LogP contribution in [0.3, 0.4) is 0 Å². The van der Waals surface area contributed by atoms with Crippen molar-refractivity contribution in [3.8, 4) is 0 Å². The molecule has 3 N–H and O–H groups in total. The van der Waals surface area contributed by atoms with Crippen LogP contribution in [0.1, 0.15) is 13.3 Å². The van der Waals surface area contributed by atoms with E-state index in [1.54, 1.807) is 0 Å². The number of carboxylic acid groups (broad SMARTS) is 1. The number of aliphatic carboxylic acids is 1. The second kappa shape index (κ2) is 4.39. The van der Waals surface area contributed by atoms with Gasteiger partial charge >= 0.3 is 5.97 Å². The first-order chi connectivity index (χ1) is 6.09. The molecule has 4 heteroatoms. The van der Waals surface area contributed by atoms with Gasteiger partial charge in [-0.05, 0) is 13.3 Å². The van der Waals surface area contributed by atoms with Crippen LogP contribution in [-0.2, 0) is 4.79 Å². The first-order valence-corrected chi connectivity index (χ1v) is 4.46. The van der Waals surface area contributed by atoms with Gasteiger partial charge in [0, 0.05) is 19.6 Å². The SMILES string of the molecule is CC1=CCN(CC(N)C(=O)O)CC1. The van der Waals surface area contributed by atoms with Gasteiger partial charge in [0.1, 0.15) is 6.04 Å². The van der Waals surface area contributed by atoms with Crippen molar-refractivity contribution in [2.75, 3.05) is 19.6 Å². The van der Waals surface area contributed by atoms with Crippen LogP contribution < -0.4 is 5.73 Å². The van der Waals surface area contributed by atoms with Gasteiger partial charge in [-0.15, -0.1) is 0 Å². The van der Waals surface area contributed by atoms with E-state index in [1.807, 2.05) is 0 Å². The summed E-state index contributed by atoms with van der Waals surface area (Å²) in [4.78, 5) is 12.5. The maximum absolute atomic E-state index is 10.5. The van der Waals surface area contributed by atoms with Crippen LogP contribution >= 0.6 is 0 Å². The summed E-state index contributed by atoms with van der Waals surface area (Å²) in [5, 5.41) is 8.60. The van der Waals surface area contributed by atoms with Crippen molar-refractivity contribution in [2.45, 2.75) is 19.4 Å². The normalized spacial score (nSPS) is 20.9. The van der Waals surface area contributed by atoms with E-state index < -0.39 is 12.0 Å². The molecule has 1 atom stereocenters. The van der Waals surface area contributed by atoms with Gasteiger partial charge in [0.15, 0.2) is 0 Å². The van der Waals surface area contributed by atoms with Crippen LogP contribution in [0.25, 0.3) is 0 Å². The smallest absolute Gasteiger partial charge is 0.321 e. The van der Waals surface area contributed by atoms with Crippen LogP contribution in [0.2, 0.25) is 0 Å². The van der Waals surface area contributed by atoms with Crippen molar-refractivity contribution < 1.29 is 9.90 Å². The lowest BCUT2D eigenvalue weighted by molar-refractivity contribution is -0.138. The summed E-state index contributed by atoms with van der Waals surface area (Å²) in [5.74, 6) is -0.925. The van der Waals surface area contributed by atoms with Gasteiger partial charge in [0.05, 0.1) is 0 Å². The van der Waals surface area contributed by atoms with Crippen LogP contribution in [0.15, 0.2) is 11.6 Å². The summed E-state index contributed by atoms with van der Waals surface area (Å²) >= 11 is 0. The van der Waals surface area contributed by atoms with Crippen LogP contribution in [0.5, 0.6) is 0 Å². The van der Waals surface area contributed by atoms with Gasteiger partial charge in [-0.1, -0.05) is 11.6 Å². The van der Waals surface area contributed by atoms with E-state index in [-0.39, 0.29) is 0 Å². The molecule has 0 saturated heterocycles. The van der Waals surface area contributed by atoms with Crippen molar-refractivity contribution in [1.29, 1.82) is 0 Å². The zero-order valence-corrected chi connectivity index (χ0v) is 7.86. The molecule has 1 aliphatic heterocycles. The van der Waals surface area contributed by atoms with Crippen molar-refractivity contribution in [1.82, 2.24) is 4.90 Å². The van der Waals surface area contributed by atoms with Crippen LogP contribution in [-0.4, -0.2) is 41.7 Å². The van der Waals surface area contributed by atoms with Crippen molar-refractivity contribution in [2.24, 2.45) is 5.73 Å². The number of hydrogen-bond donors (Lipinski definition) is 2. The van der Waals surface area contributed by atoms with E-state index in [1.165, 1.54) is 5.57 Å². The average molecular weight is 184 g/mol. The van der Waals surface area contributed by atoms with E-state index in [0.29, 0.717) is 6.54 Å². The fourth-order valence-corrected chi connectivity index (χ4v) is 1.33. The van der Waals surface area contributed by atoms with Crippen molar-refractivity contribution in [3.63, 3.8) is 0 Å². The lowest BCUT2D eigenvalue weighted by Gasteiger charge is -2.26. The Morgan fingerprint density at radius 2 is 2.54 bits per heavy atom. The zero-order valence-electron chi connectivity index (χ0n) is 7.86. The van der Waals surface area contributed by atoms with Gasteiger partial charge in [-0.3, -0.25) is 9.69 Å². The van der Waals surface area contributed by atoms with Gasteiger partial charge in [-0.25, -0.2) is 0 Å². The van der Waals surface area contributed by atoms with Gasteiger partial charge in [-0.2, -0.15) is 0 Å². The number of nitrogens with two attached hydrogens (primary N) is 1. The highest BCUT2D eigenvalue weighted by atomic mass is 16.4. The summed E-state index contributed by atoms with van der Waals surface area (Å²) < 4.78 is 0. The molecule has 0 aromatic heterocycles. The second-order valence-corrected chi connectivity index (χ2v) is 3.50. The highest BCUT2D eigenvalue weighted by Crippen LogP contribution is 2.09. The van der Waals surface area contributed by atoms with Crippen LogP contribution in [0.4, 0.5) is 0 Å². The molecule has 0 fully saturated rings. The molecule has 0 amide bonds. The minimum absolute atomic E-state index is 0.444. The molecule has 74 valence electrons. The standard InChI is InChI=1S/C9H16N2O2/c1-7-2-4-11(5-3-7)6-8(10)9(12)13/h2,8H,3-6,10H2,1H3,(H,12,13). The lowest BCUT2D eigenvalue weighted by Crippen LogP contribution is -2.44. The third-order valence-corrected chi connectivity index (χ3v) is 2.29.